The van der Waals surface area contributed by atoms with Crippen molar-refractivity contribution >= 4 is 5.91 Å². The number of hydrogen-bond acceptors (Lipinski definition) is 5. The summed E-state index contributed by atoms with van der Waals surface area (Å²) in [7, 11) is 1.62. The zero-order valence-corrected chi connectivity index (χ0v) is 24.3. The lowest BCUT2D eigenvalue weighted by atomic mass is 9.77. The lowest BCUT2D eigenvalue weighted by Gasteiger charge is -2.38. The van der Waals surface area contributed by atoms with Gasteiger partial charge in [-0.15, -0.1) is 0 Å². The van der Waals surface area contributed by atoms with Crippen LogP contribution in [-0.2, 0) is 21.6 Å². The Morgan fingerprint density at radius 2 is 1.42 bits per heavy atom. The number of morpholine rings is 1. The standard InChI is InChI=1S/C36H35N3O4/c1-26-22-38(23-27-18-20-31(42-2)21-19-27)35(41)34(43-26)33(40)32-24-39(25-37-32)36(28-12-6-3-7-13-28,29-14-8-4-9-15-29)30-16-10-5-11-17-30/h3-21,24-26,33-34,40H,22-23H2,1-2H3. The number of aliphatic hydroxyl groups is 1. The molecule has 43 heavy (non-hydrogen) atoms. The van der Waals surface area contributed by atoms with E-state index in [1.807, 2.05) is 96.6 Å². The first-order valence-electron chi connectivity index (χ1n) is 14.5. The molecule has 1 saturated heterocycles. The smallest absolute Gasteiger partial charge is 0.255 e. The number of ether oxygens (including phenoxy) is 2. The van der Waals surface area contributed by atoms with Crippen LogP contribution in [0.3, 0.4) is 0 Å². The highest BCUT2D eigenvalue weighted by atomic mass is 16.5. The number of hydrogen-bond donors (Lipinski definition) is 1. The molecule has 1 aromatic heterocycles. The number of nitrogens with zero attached hydrogens (tertiary/aromatic N) is 3. The summed E-state index contributed by atoms with van der Waals surface area (Å²) in [5, 5.41) is 11.6. The van der Waals surface area contributed by atoms with E-state index in [0.717, 1.165) is 28.0 Å². The molecule has 1 amide bonds. The van der Waals surface area contributed by atoms with Gasteiger partial charge in [0.25, 0.3) is 5.91 Å². The minimum atomic E-state index is -1.25. The van der Waals surface area contributed by atoms with E-state index in [2.05, 4.69) is 41.4 Å². The highest BCUT2D eigenvalue weighted by Gasteiger charge is 2.42. The average Bonchev–Trinajstić information content (AvgIpc) is 3.55. The second-order valence-corrected chi connectivity index (χ2v) is 10.9. The summed E-state index contributed by atoms with van der Waals surface area (Å²) in [6.07, 6.45) is 0.980. The van der Waals surface area contributed by atoms with Gasteiger partial charge in [0.1, 0.15) is 17.4 Å². The third kappa shape index (κ3) is 5.45. The number of aromatic nitrogens is 2. The minimum absolute atomic E-state index is 0.255. The van der Waals surface area contributed by atoms with E-state index in [4.69, 9.17) is 9.47 Å². The van der Waals surface area contributed by atoms with E-state index in [1.54, 1.807) is 18.3 Å². The fourth-order valence-electron chi connectivity index (χ4n) is 6.05. The Bertz CT molecular complexity index is 1540. The number of methoxy groups -OCH3 is 1. The molecule has 0 saturated carbocycles. The molecular formula is C36H35N3O4. The molecule has 2 heterocycles. The van der Waals surface area contributed by atoms with Gasteiger partial charge in [-0.2, -0.15) is 0 Å². The van der Waals surface area contributed by atoms with Gasteiger partial charge >= 0.3 is 0 Å². The van der Waals surface area contributed by atoms with Crippen LogP contribution in [0.2, 0.25) is 0 Å². The summed E-state index contributed by atoms with van der Waals surface area (Å²) in [4.78, 5) is 20.1. The molecule has 3 unspecified atom stereocenters. The summed E-state index contributed by atoms with van der Waals surface area (Å²) in [6.45, 7) is 2.76. The molecule has 3 atom stereocenters. The van der Waals surface area contributed by atoms with E-state index < -0.39 is 17.7 Å². The van der Waals surface area contributed by atoms with E-state index >= 15 is 0 Å². The zero-order valence-electron chi connectivity index (χ0n) is 24.3. The molecule has 5 aromatic rings. The summed E-state index contributed by atoms with van der Waals surface area (Å²) in [6, 6.07) is 38.4. The van der Waals surface area contributed by atoms with Crippen molar-refractivity contribution in [1.82, 2.24) is 14.5 Å². The Morgan fingerprint density at radius 3 is 1.93 bits per heavy atom. The van der Waals surface area contributed by atoms with Crippen LogP contribution in [0.5, 0.6) is 5.75 Å². The molecule has 0 radical (unpaired) electrons. The second-order valence-electron chi connectivity index (χ2n) is 10.9. The molecule has 0 aliphatic carbocycles. The molecule has 6 rings (SSSR count). The monoisotopic (exact) mass is 573 g/mol. The Labute approximate surface area is 252 Å². The summed E-state index contributed by atoms with van der Waals surface area (Å²) in [5.74, 6) is 0.489. The highest BCUT2D eigenvalue weighted by molar-refractivity contribution is 5.82. The van der Waals surface area contributed by atoms with Gasteiger partial charge in [-0.25, -0.2) is 4.98 Å². The number of aliphatic hydroxyl groups excluding tert-OH is 1. The third-order valence-electron chi connectivity index (χ3n) is 8.10. The van der Waals surface area contributed by atoms with Crippen molar-refractivity contribution in [2.45, 2.75) is 37.3 Å². The van der Waals surface area contributed by atoms with Crippen molar-refractivity contribution in [3.63, 3.8) is 0 Å². The van der Waals surface area contributed by atoms with Crippen LogP contribution >= 0.6 is 0 Å². The molecule has 7 nitrogen and oxygen atoms in total. The van der Waals surface area contributed by atoms with E-state index in [0.29, 0.717) is 18.8 Å². The Morgan fingerprint density at radius 1 is 0.884 bits per heavy atom. The normalized spacial score (nSPS) is 17.9. The molecule has 218 valence electrons. The molecule has 4 aromatic carbocycles. The Balaban J connectivity index is 1.37. The first kappa shape index (κ1) is 28.4. The lowest BCUT2D eigenvalue weighted by Crippen LogP contribution is -2.52. The number of amides is 1. The molecule has 1 aliphatic heterocycles. The van der Waals surface area contributed by atoms with E-state index in [-0.39, 0.29) is 12.0 Å². The van der Waals surface area contributed by atoms with Gasteiger partial charge in [0.05, 0.1) is 25.2 Å². The van der Waals surface area contributed by atoms with Gasteiger partial charge in [0.15, 0.2) is 6.10 Å². The van der Waals surface area contributed by atoms with Crippen LogP contribution in [0.25, 0.3) is 0 Å². The van der Waals surface area contributed by atoms with E-state index in [1.165, 1.54) is 0 Å². The highest BCUT2D eigenvalue weighted by Crippen LogP contribution is 2.41. The second kappa shape index (κ2) is 12.3. The fourth-order valence-corrected chi connectivity index (χ4v) is 6.05. The minimum Gasteiger partial charge on any atom is -0.497 e. The maximum atomic E-state index is 13.7. The Kier molecular flexibility index (Phi) is 8.09. The molecule has 0 spiro atoms. The number of rotatable bonds is 9. The van der Waals surface area contributed by atoms with Crippen molar-refractivity contribution in [1.29, 1.82) is 0 Å². The van der Waals surface area contributed by atoms with Crippen LogP contribution in [-0.4, -0.2) is 51.3 Å². The molecular weight excluding hydrogens is 538 g/mol. The third-order valence-corrected chi connectivity index (χ3v) is 8.10. The number of benzene rings is 4. The van der Waals surface area contributed by atoms with Gasteiger partial charge in [0, 0.05) is 19.3 Å². The van der Waals surface area contributed by atoms with Crippen LogP contribution in [0.1, 0.15) is 41.0 Å². The summed E-state index contributed by atoms with van der Waals surface area (Å²) < 4.78 is 13.3. The van der Waals surface area contributed by atoms with Gasteiger partial charge in [-0.05, 0) is 41.3 Å². The molecule has 0 bridgehead atoms. The first-order chi connectivity index (χ1) is 21.0. The van der Waals surface area contributed by atoms with Gasteiger partial charge in [0.2, 0.25) is 0 Å². The molecule has 7 heteroatoms. The van der Waals surface area contributed by atoms with Crippen molar-refractivity contribution in [3.8, 4) is 5.75 Å². The predicted octanol–water partition coefficient (Wildman–Crippen LogP) is 5.58. The van der Waals surface area contributed by atoms with Crippen molar-refractivity contribution < 1.29 is 19.4 Å². The topological polar surface area (TPSA) is 76.8 Å². The van der Waals surface area contributed by atoms with Crippen molar-refractivity contribution in [2.24, 2.45) is 0 Å². The van der Waals surface area contributed by atoms with Crippen LogP contribution < -0.4 is 4.74 Å². The summed E-state index contributed by atoms with van der Waals surface area (Å²) in [5.41, 5.74) is 3.67. The number of carbonyl (C=O) groups excluding carboxylic acids is 1. The quantitative estimate of drug-likeness (QED) is 0.233. The summed E-state index contributed by atoms with van der Waals surface area (Å²) >= 11 is 0. The van der Waals surface area contributed by atoms with Crippen LogP contribution in [0.15, 0.2) is 128 Å². The fraction of sp³-hybridized carbons (Fsp3) is 0.222. The van der Waals surface area contributed by atoms with Crippen molar-refractivity contribution in [2.75, 3.05) is 13.7 Å². The SMILES string of the molecule is COc1ccc(CN2CC(C)OC(C(O)c3cn(C(c4ccccc4)(c4ccccc4)c4ccccc4)cn3)C2=O)cc1. The van der Waals surface area contributed by atoms with Crippen LogP contribution in [0, 0.1) is 0 Å². The molecule has 1 fully saturated rings. The lowest BCUT2D eigenvalue weighted by molar-refractivity contribution is -0.174. The Hall–Kier alpha value is -4.72. The number of imidazole rings is 1. The largest absolute Gasteiger partial charge is 0.497 e. The maximum Gasteiger partial charge on any atom is 0.255 e. The van der Waals surface area contributed by atoms with Gasteiger partial charge in [-0.1, -0.05) is 103 Å². The average molecular weight is 574 g/mol. The molecule has 1 N–H and O–H groups in total. The predicted molar refractivity (Wildman–Crippen MR) is 165 cm³/mol. The zero-order chi connectivity index (χ0) is 29.8. The van der Waals surface area contributed by atoms with Crippen molar-refractivity contribution in [3.05, 3.63) is 156 Å². The van der Waals surface area contributed by atoms with E-state index in [9.17, 15) is 9.90 Å². The number of carbonyl (C=O) groups is 1. The molecule has 1 aliphatic rings. The van der Waals surface area contributed by atoms with Gasteiger partial charge < -0.3 is 24.0 Å². The van der Waals surface area contributed by atoms with Crippen LogP contribution in [0.4, 0.5) is 0 Å². The van der Waals surface area contributed by atoms with Gasteiger partial charge in [-0.3, -0.25) is 4.79 Å². The maximum absolute atomic E-state index is 13.7. The first-order valence-corrected chi connectivity index (χ1v) is 14.5.